The molecular weight excluding hydrogens is 374 g/mol. The monoisotopic (exact) mass is 391 g/mol. The number of hydrogen-bond donors (Lipinski definition) is 0. The second-order valence-corrected chi connectivity index (χ2v) is 8.31. The van der Waals surface area contributed by atoms with E-state index in [0.29, 0.717) is 22.7 Å². The molecule has 0 saturated carbocycles. The van der Waals surface area contributed by atoms with Crippen molar-refractivity contribution in [3.63, 3.8) is 0 Å². The second kappa shape index (κ2) is 7.13. The molecule has 0 amide bonds. The Balaban J connectivity index is 2.13. The van der Waals surface area contributed by atoms with Crippen LogP contribution in [0.4, 0.5) is 0 Å². The van der Waals surface area contributed by atoms with Crippen LogP contribution in [0.1, 0.15) is 23.6 Å². The first-order chi connectivity index (χ1) is 12.3. The minimum absolute atomic E-state index is 0.238. The first-order valence-corrected chi connectivity index (χ1v) is 10.2. The molecule has 2 aromatic carbocycles. The number of benzene rings is 2. The van der Waals surface area contributed by atoms with Crippen molar-refractivity contribution >= 4 is 33.2 Å². The molecule has 0 bridgehead atoms. The molecule has 1 saturated heterocycles. The van der Waals surface area contributed by atoms with Gasteiger partial charge in [-0.15, -0.1) is 0 Å². The smallest absolute Gasteiger partial charge is 0.340 e. The van der Waals surface area contributed by atoms with Gasteiger partial charge in [0, 0.05) is 17.1 Å². The number of rotatable bonds is 4. The predicted octanol–water partition coefficient (Wildman–Crippen LogP) is 3.63. The summed E-state index contributed by atoms with van der Waals surface area (Å²) in [5.74, 6) is -0.581. The molecular formula is C19H18ClNO4S. The summed E-state index contributed by atoms with van der Waals surface area (Å²) in [5.41, 5.74) is 2.11. The highest BCUT2D eigenvalue weighted by molar-refractivity contribution is 7.88. The van der Waals surface area contributed by atoms with Gasteiger partial charge in [-0.1, -0.05) is 54.1 Å². The molecule has 1 aliphatic rings. The van der Waals surface area contributed by atoms with Crippen molar-refractivity contribution in [1.82, 2.24) is 4.31 Å². The summed E-state index contributed by atoms with van der Waals surface area (Å²) >= 11 is 5.92. The number of sulfonamides is 1. The molecule has 1 heterocycles. The zero-order chi connectivity index (χ0) is 18.9. The van der Waals surface area contributed by atoms with Gasteiger partial charge in [-0.25, -0.2) is 13.2 Å². The SMILES string of the molecule is COC(=O)/C(=C1\CC(c2ccccc2)N1S(C)(=O)=O)c1ccc(Cl)cc1. The Morgan fingerprint density at radius 1 is 1.12 bits per heavy atom. The second-order valence-electron chi connectivity index (χ2n) is 6.01. The fourth-order valence-corrected chi connectivity index (χ4v) is 4.48. The fraction of sp³-hybridized carbons (Fsp3) is 0.211. The van der Waals surface area contributed by atoms with Crippen LogP contribution in [0.5, 0.6) is 0 Å². The van der Waals surface area contributed by atoms with E-state index < -0.39 is 16.0 Å². The molecule has 26 heavy (non-hydrogen) atoms. The number of halogens is 1. The summed E-state index contributed by atoms with van der Waals surface area (Å²) in [7, 11) is -2.30. The quantitative estimate of drug-likeness (QED) is 0.589. The van der Waals surface area contributed by atoms with Crippen LogP contribution < -0.4 is 0 Å². The third-order valence-electron chi connectivity index (χ3n) is 4.29. The fourth-order valence-electron chi connectivity index (χ4n) is 3.12. The molecule has 0 radical (unpaired) electrons. The summed E-state index contributed by atoms with van der Waals surface area (Å²) in [5, 5.41) is 0.527. The summed E-state index contributed by atoms with van der Waals surface area (Å²) in [4.78, 5) is 12.4. The van der Waals surface area contributed by atoms with Crippen molar-refractivity contribution in [2.45, 2.75) is 12.5 Å². The average molecular weight is 392 g/mol. The van der Waals surface area contributed by atoms with Crippen LogP contribution >= 0.6 is 11.6 Å². The van der Waals surface area contributed by atoms with Gasteiger partial charge in [-0.3, -0.25) is 4.31 Å². The van der Waals surface area contributed by atoms with Crippen LogP contribution in [0.25, 0.3) is 5.57 Å². The van der Waals surface area contributed by atoms with Crippen molar-refractivity contribution in [1.29, 1.82) is 0 Å². The molecule has 3 rings (SSSR count). The summed E-state index contributed by atoms with van der Waals surface area (Å²) in [6, 6.07) is 15.7. The summed E-state index contributed by atoms with van der Waals surface area (Å²) < 4.78 is 31.1. The molecule has 0 N–H and O–H groups in total. The van der Waals surface area contributed by atoms with Gasteiger partial charge in [-0.2, -0.15) is 0 Å². The molecule has 1 aliphatic heterocycles. The van der Waals surface area contributed by atoms with E-state index in [1.807, 2.05) is 30.3 Å². The maximum absolute atomic E-state index is 12.4. The van der Waals surface area contributed by atoms with E-state index in [0.717, 1.165) is 11.8 Å². The Labute approximate surface area is 157 Å². The average Bonchev–Trinajstić information content (AvgIpc) is 2.58. The predicted molar refractivity (Wildman–Crippen MR) is 101 cm³/mol. The number of hydrogen-bond acceptors (Lipinski definition) is 4. The number of methoxy groups -OCH3 is 1. The molecule has 1 atom stereocenters. The molecule has 2 aromatic rings. The van der Waals surface area contributed by atoms with Gasteiger partial charge >= 0.3 is 5.97 Å². The number of esters is 1. The van der Waals surface area contributed by atoms with E-state index in [-0.39, 0.29) is 11.6 Å². The van der Waals surface area contributed by atoms with E-state index in [1.54, 1.807) is 24.3 Å². The third-order valence-corrected chi connectivity index (χ3v) is 5.73. The van der Waals surface area contributed by atoms with Crippen LogP contribution in [0, 0.1) is 0 Å². The molecule has 0 spiro atoms. The lowest BCUT2D eigenvalue weighted by Gasteiger charge is -2.44. The van der Waals surface area contributed by atoms with Crippen LogP contribution in [-0.2, 0) is 19.6 Å². The maximum Gasteiger partial charge on any atom is 0.340 e. The molecule has 0 aromatic heterocycles. The number of ether oxygens (including phenoxy) is 1. The van der Waals surface area contributed by atoms with Crippen LogP contribution in [0.15, 0.2) is 60.3 Å². The van der Waals surface area contributed by atoms with Gasteiger partial charge in [0.05, 0.1) is 25.0 Å². The van der Waals surface area contributed by atoms with Gasteiger partial charge in [0.25, 0.3) is 0 Å². The zero-order valence-corrected chi connectivity index (χ0v) is 15.9. The highest BCUT2D eigenvalue weighted by Crippen LogP contribution is 2.47. The number of carbonyl (C=O) groups is 1. The Morgan fingerprint density at radius 2 is 1.73 bits per heavy atom. The molecule has 7 heteroatoms. The van der Waals surface area contributed by atoms with Crippen LogP contribution in [0.3, 0.4) is 0 Å². The lowest BCUT2D eigenvalue weighted by Crippen LogP contribution is -2.43. The Hall–Kier alpha value is -2.31. The lowest BCUT2D eigenvalue weighted by molar-refractivity contribution is -0.133. The van der Waals surface area contributed by atoms with Crippen molar-refractivity contribution in [3.8, 4) is 0 Å². The van der Waals surface area contributed by atoms with Crippen LogP contribution in [0.2, 0.25) is 5.02 Å². The topological polar surface area (TPSA) is 63.7 Å². The molecule has 1 unspecified atom stereocenters. The number of carbonyl (C=O) groups excluding carboxylic acids is 1. The Kier molecular flexibility index (Phi) is 5.07. The first kappa shape index (κ1) is 18.5. The molecule has 5 nitrogen and oxygen atoms in total. The Morgan fingerprint density at radius 3 is 2.27 bits per heavy atom. The van der Waals surface area contributed by atoms with Crippen LogP contribution in [-0.4, -0.2) is 32.1 Å². The summed E-state index contributed by atoms with van der Waals surface area (Å²) in [6.07, 6.45) is 1.56. The minimum atomic E-state index is -3.57. The minimum Gasteiger partial charge on any atom is -0.465 e. The molecule has 136 valence electrons. The first-order valence-electron chi connectivity index (χ1n) is 7.94. The normalized spacial score (nSPS) is 18.9. The van der Waals surface area contributed by atoms with Crippen molar-refractivity contribution in [2.75, 3.05) is 13.4 Å². The van der Waals surface area contributed by atoms with E-state index in [2.05, 4.69) is 0 Å². The standard InChI is InChI=1S/C19H18ClNO4S/c1-25-19(22)18(14-8-10-15(20)11-9-14)17-12-16(21(17)26(2,23)24)13-6-4-3-5-7-13/h3-11,16H,12H2,1-2H3/b18-17+. The third kappa shape index (κ3) is 3.48. The van der Waals surface area contributed by atoms with Gasteiger partial charge in [0.15, 0.2) is 0 Å². The van der Waals surface area contributed by atoms with Gasteiger partial charge in [0.1, 0.15) is 0 Å². The van der Waals surface area contributed by atoms with Crippen molar-refractivity contribution < 1.29 is 17.9 Å². The zero-order valence-electron chi connectivity index (χ0n) is 14.3. The van der Waals surface area contributed by atoms with E-state index in [9.17, 15) is 13.2 Å². The lowest BCUT2D eigenvalue weighted by atomic mass is 9.89. The highest BCUT2D eigenvalue weighted by Gasteiger charge is 2.43. The van der Waals surface area contributed by atoms with Gasteiger partial charge < -0.3 is 4.74 Å². The summed E-state index contributed by atoms with van der Waals surface area (Å²) in [6.45, 7) is 0. The van der Waals surface area contributed by atoms with Gasteiger partial charge in [-0.05, 0) is 23.3 Å². The largest absolute Gasteiger partial charge is 0.465 e. The highest BCUT2D eigenvalue weighted by atomic mass is 35.5. The van der Waals surface area contributed by atoms with E-state index >= 15 is 0 Å². The van der Waals surface area contributed by atoms with E-state index in [1.165, 1.54) is 11.4 Å². The number of nitrogens with zero attached hydrogens (tertiary/aromatic N) is 1. The van der Waals surface area contributed by atoms with Gasteiger partial charge in [0.2, 0.25) is 10.0 Å². The Bertz CT molecular complexity index is 953. The van der Waals surface area contributed by atoms with Crippen molar-refractivity contribution in [2.24, 2.45) is 0 Å². The maximum atomic E-state index is 12.4. The van der Waals surface area contributed by atoms with E-state index in [4.69, 9.17) is 16.3 Å². The van der Waals surface area contributed by atoms with Crippen molar-refractivity contribution in [3.05, 3.63) is 76.4 Å². The molecule has 0 aliphatic carbocycles. The molecule has 1 fully saturated rings.